The van der Waals surface area contributed by atoms with Crippen molar-refractivity contribution in [2.75, 3.05) is 26.2 Å². The predicted octanol–water partition coefficient (Wildman–Crippen LogP) is 1.83. The minimum absolute atomic E-state index is 0.0278. The molecular formula is C24H35F3N6O2. The van der Waals surface area contributed by atoms with E-state index >= 15 is 0 Å². The third-order valence-corrected chi connectivity index (χ3v) is 7.88. The first kappa shape index (κ1) is 25.7. The molecule has 0 saturated carbocycles. The highest BCUT2D eigenvalue weighted by molar-refractivity contribution is 5.88. The maximum atomic E-state index is 13.6. The van der Waals surface area contributed by atoms with E-state index in [1.807, 2.05) is 20.1 Å². The fourth-order valence-corrected chi connectivity index (χ4v) is 6.30. The van der Waals surface area contributed by atoms with E-state index in [0.717, 1.165) is 11.4 Å². The van der Waals surface area contributed by atoms with E-state index in [1.54, 1.807) is 11.0 Å². The van der Waals surface area contributed by atoms with Gasteiger partial charge in [-0.15, -0.1) is 6.58 Å². The average Bonchev–Trinajstić information content (AvgIpc) is 3.30. The zero-order valence-corrected chi connectivity index (χ0v) is 20.5. The summed E-state index contributed by atoms with van der Waals surface area (Å²) in [6.45, 7) is 9.42. The molecule has 2 amide bonds. The van der Waals surface area contributed by atoms with Crippen molar-refractivity contribution in [3.63, 3.8) is 0 Å². The highest BCUT2D eigenvalue weighted by Crippen LogP contribution is 2.45. The van der Waals surface area contributed by atoms with E-state index in [2.05, 4.69) is 34.2 Å². The minimum atomic E-state index is -4.35. The molecule has 4 aliphatic heterocycles. The summed E-state index contributed by atoms with van der Waals surface area (Å²) in [7, 11) is 0. The maximum absolute atomic E-state index is 13.6. The smallest absolute Gasteiger partial charge is 0.352 e. The molecule has 0 radical (unpaired) electrons. The molecule has 11 heteroatoms. The van der Waals surface area contributed by atoms with Crippen molar-refractivity contribution in [1.29, 1.82) is 0 Å². The Bertz CT molecular complexity index is 904. The first-order valence-corrected chi connectivity index (χ1v) is 12.3. The van der Waals surface area contributed by atoms with E-state index in [9.17, 15) is 22.8 Å². The number of rotatable bonds is 6. The van der Waals surface area contributed by atoms with Crippen molar-refractivity contribution in [2.45, 2.75) is 63.5 Å². The van der Waals surface area contributed by atoms with Crippen LogP contribution in [0.1, 0.15) is 33.6 Å². The first-order valence-electron chi connectivity index (χ1n) is 12.3. The first-order chi connectivity index (χ1) is 16.4. The third-order valence-electron chi connectivity index (χ3n) is 7.88. The van der Waals surface area contributed by atoms with Gasteiger partial charge in [-0.05, 0) is 32.6 Å². The fourth-order valence-electron chi connectivity index (χ4n) is 6.30. The van der Waals surface area contributed by atoms with Crippen LogP contribution in [0, 0.1) is 23.7 Å². The zero-order chi connectivity index (χ0) is 25.5. The Morgan fingerprint density at radius 1 is 1.34 bits per heavy atom. The Morgan fingerprint density at radius 2 is 2.09 bits per heavy atom. The average molecular weight is 497 g/mol. The quantitative estimate of drug-likeness (QED) is 0.549. The molecule has 0 aliphatic carbocycles. The lowest BCUT2D eigenvalue weighted by atomic mass is 9.72. The lowest BCUT2D eigenvalue weighted by Crippen LogP contribution is -2.61. The van der Waals surface area contributed by atoms with Crippen LogP contribution >= 0.6 is 0 Å². The van der Waals surface area contributed by atoms with E-state index in [0.29, 0.717) is 19.5 Å². The van der Waals surface area contributed by atoms with Crippen molar-refractivity contribution in [3.8, 4) is 0 Å². The number of alkyl halides is 3. The molecule has 0 aromatic heterocycles. The Balaban J connectivity index is 1.47. The second-order valence-corrected chi connectivity index (χ2v) is 10.8. The van der Waals surface area contributed by atoms with Crippen LogP contribution in [-0.2, 0) is 9.59 Å². The summed E-state index contributed by atoms with van der Waals surface area (Å²) in [5, 5.41) is 11.5. The van der Waals surface area contributed by atoms with Gasteiger partial charge in [0.2, 0.25) is 11.8 Å². The molecule has 0 aromatic rings. The number of carbonyl (C=O) groups excluding carboxylic acids is 2. The lowest BCUT2D eigenvalue weighted by molar-refractivity contribution is -0.146. The summed E-state index contributed by atoms with van der Waals surface area (Å²) in [6.07, 6.45) is 2.12. The summed E-state index contributed by atoms with van der Waals surface area (Å²) in [4.78, 5) is 32.3. The number of hydrazone groups is 1. The van der Waals surface area contributed by atoms with Crippen LogP contribution in [0.3, 0.4) is 0 Å². The number of hydrogen-bond acceptors (Lipinski definition) is 6. The van der Waals surface area contributed by atoms with Crippen molar-refractivity contribution in [2.24, 2.45) is 33.8 Å². The van der Waals surface area contributed by atoms with Crippen LogP contribution in [0.4, 0.5) is 13.2 Å². The summed E-state index contributed by atoms with van der Waals surface area (Å²) >= 11 is 0. The number of hydrogen-bond donors (Lipinski definition) is 2. The van der Waals surface area contributed by atoms with Crippen molar-refractivity contribution < 1.29 is 22.8 Å². The van der Waals surface area contributed by atoms with Gasteiger partial charge in [-0.2, -0.15) is 18.3 Å². The largest absolute Gasteiger partial charge is 0.407 e. The van der Waals surface area contributed by atoms with Gasteiger partial charge < -0.3 is 15.5 Å². The summed E-state index contributed by atoms with van der Waals surface area (Å²) < 4.78 is 38.5. The van der Waals surface area contributed by atoms with E-state index in [-0.39, 0.29) is 54.1 Å². The Kier molecular flexibility index (Phi) is 7.00. The normalized spacial score (nSPS) is 36.4. The van der Waals surface area contributed by atoms with Crippen LogP contribution in [0.25, 0.3) is 0 Å². The van der Waals surface area contributed by atoms with Crippen LogP contribution in [0.15, 0.2) is 22.7 Å². The topological polar surface area (TPSA) is 89.4 Å². The standard InChI is InChI=1S/C24H35F3N6O2/c1-5-6-29-21(34)16-8-15(9-28-10-16)18-7-14(2)19-20(31-18)23(3,4)33(22(19)35)17-11-30-32(12-17)13-24(25,26)27/h5,9,11,14-20,31H,1,6-8,10,12-13H2,2-4H3,(H,29,34). The van der Waals surface area contributed by atoms with Gasteiger partial charge in [-0.1, -0.05) is 13.0 Å². The number of fused-ring (bicyclic) bond motifs is 1. The van der Waals surface area contributed by atoms with Crippen LogP contribution < -0.4 is 10.6 Å². The van der Waals surface area contributed by atoms with Crippen LogP contribution in [0.2, 0.25) is 0 Å². The number of nitrogens with zero attached hydrogens (tertiary/aromatic N) is 4. The summed E-state index contributed by atoms with van der Waals surface area (Å²) in [6, 6.07) is -0.625. The maximum Gasteiger partial charge on any atom is 0.407 e. The number of likely N-dealkylation sites (tertiary alicyclic amines) is 1. The van der Waals surface area contributed by atoms with Gasteiger partial charge in [-0.3, -0.25) is 19.6 Å². The molecule has 194 valence electrons. The van der Waals surface area contributed by atoms with Gasteiger partial charge in [0.1, 0.15) is 6.54 Å². The highest BCUT2D eigenvalue weighted by Gasteiger charge is 2.59. The Hall–Kier alpha value is -2.43. The second kappa shape index (κ2) is 9.55. The van der Waals surface area contributed by atoms with Crippen molar-refractivity contribution in [1.82, 2.24) is 20.5 Å². The molecule has 0 aromatic carbocycles. The van der Waals surface area contributed by atoms with E-state index in [1.165, 1.54) is 6.21 Å². The number of piperidine rings is 1. The second-order valence-electron chi connectivity index (χ2n) is 10.8. The number of carbonyl (C=O) groups is 2. The number of halogens is 3. The number of amides is 2. The molecule has 4 heterocycles. The number of nitrogens with one attached hydrogen (secondary N) is 2. The molecule has 0 spiro atoms. The van der Waals surface area contributed by atoms with Crippen molar-refractivity contribution in [3.05, 3.63) is 12.7 Å². The zero-order valence-electron chi connectivity index (χ0n) is 20.5. The highest BCUT2D eigenvalue weighted by atomic mass is 19.4. The molecule has 8 nitrogen and oxygen atoms in total. The van der Waals surface area contributed by atoms with E-state index in [4.69, 9.17) is 0 Å². The van der Waals surface area contributed by atoms with Gasteiger partial charge >= 0.3 is 6.18 Å². The van der Waals surface area contributed by atoms with Gasteiger partial charge in [0, 0.05) is 37.0 Å². The molecule has 35 heavy (non-hydrogen) atoms. The molecule has 4 rings (SSSR count). The molecular weight excluding hydrogens is 461 g/mol. The molecule has 7 unspecified atom stereocenters. The van der Waals surface area contributed by atoms with Gasteiger partial charge in [0.05, 0.1) is 36.5 Å². The predicted molar refractivity (Wildman–Crippen MR) is 127 cm³/mol. The van der Waals surface area contributed by atoms with Crippen LogP contribution in [0.5, 0.6) is 0 Å². The Labute approximate surface area is 204 Å². The number of aliphatic imine (C=N–C) groups is 1. The van der Waals surface area contributed by atoms with Crippen molar-refractivity contribution >= 4 is 24.2 Å². The van der Waals surface area contributed by atoms with Gasteiger partial charge in [0.25, 0.3) is 0 Å². The molecule has 2 N–H and O–H groups in total. The Morgan fingerprint density at radius 3 is 2.77 bits per heavy atom. The SMILES string of the molecule is C=CCNC(=O)C1CN=CC(C2CC(C)C3C(=O)N(C4C=NN(CC(F)(F)F)C4)C(C)(C)C3N2)C1. The monoisotopic (exact) mass is 496 g/mol. The molecule has 2 fully saturated rings. The summed E-state index contributed by atoms with van der Waals surface area (Å²) in [5.74, 6) is -0.400. The fraction of sp³-hybridized carbons (Fsp3) is 0.750. The molecule has 7 atom stereocenters. The molecule has 4 aliphatic rings. The lowest BCUT2D eigenvalue weighted by Gasteiger charge is -2.45. The molecule has 2 saturated heterocycles. The third kappa shape index (κ3) is 5.10. The van der Waals surface area contributed by atoms with Gasteiger partial charge in [-0.25, -0.2) is 0 Å². The molecule has 0 bridgehead atoms. The van der Waals surface area contributed by atoms with E-state index < -0.39 is 24.3 Å². The minimum Gasteiger partial charge on any atom is -0.352 e. The van der Waals surface area contributed by atoms with Gasteiger partial charge in [0.15, 0.2) is 0 Å². The summed E-state index contributed by atoms with van der Waals surface area (Å²) in [5.41, 5.74) is -0.619. The van der Waals surface area contributed by atoms with Crippen LogP contribution in [-0.4, -0.2) is 90.2 Å².